The number of aromatic nitrogens is 2. The van der Waals surface area contributed by atoms with Gasteiger partial charge in [-0.05, 0) is 159 Å². The van der Waals surface area contributed by atoms with Crippen molar-refractivity contribution >= 4 is 60.7 Å². The van der Waals surface area contributed by atoms with Crippen LogP contribution in [-0.2, 0) is 5.41 Å². The highest BCUT2D eigenvalue weighted by molar-refractivity contribution is 6.12. The highest BCUT2D eigenvalue weighted by atomic mass is 15.1. The molecule has 0 bridgehead atoms. The van der Waals surface area contributed by atoms with E-state index >= 15 is 0 Å². The van der Waals surface area contributed by atoms with Gasteiger partial charge in [0, 0.05) is 55.3 Å². The fourth-order valence-electron chi connectivity index (χ4n) is 11.9. The molecule has 0 amide bonds. The van der Waals surface area contributed by atoms with Gasteiger partial charge in [-0.2, -0.15) is 0 Å². The lowest BCUT2D eigenvalue weighted by Crippen LogP contribution is -2.15. The summed E-state index contributed by atoms with van der Waals surface area (Å²) in [7, 11) is 0. The highest BCUT2D eigenvalue weighted by Crippen LogP contribution is 2.52. The van der Waals surface area contributed by atoms with Crippen LogP contribution < -0.4 is 4.90 Å². The van der Waals surface area contributed by atoms with Crippen molar-refractivity contribution in [3.8, 4) is 55.9 Å². The molecular weight excluding hydrogens is 871 g/mol. The maximum absolute atomic E-state index is 2.45. The highest BCUT2D eigenvalue weighted by Gasteiger charge is 2.35. The topological polar surface area (TPSA) is 13.1 Å². The number of hydrogen-bond acceptors (Lipinski definition) is 1. The van der Waals surface area contributed by atoms with Gasteiger partial charge in [0.1, 0.15) is 0 Å². The zero-order valence-corrected chi connectivity index (χ0v) is 40.2. The Kier molecular flexibility index (Phi) is 9.56. The van der Waals surface area contributed by atoms with E-state index in [1.54, 1.807) is 0 Å². The third kappa shape index (κ3) is 6.58. The van der Waals surface area contributed by atoms with Crippen LogP contribution >= 0.6 is 0 Å². The summed E-state index contributed by atoms with van der Waals surface area (Å²) in [6.07, 6.45) is 0. The summed E-state index contributed by atoms with van der Waals surface area (Å²) in [6.45, 7) is 4.70. The summed E-state index contributed by atoms with van der Waals surface area (Å²) in [4.78, 5) is 2.45. The van der Waals surface area contributed by atoms with Gasteiger partial charge in [0.25, 0.3) is 0 Å². The molecule has 2 aromatic heterocycles. The average molecular weight is 920 g/mol. The van der Waals surface area contributed by atoms with E-state index in [0.29, 0.717) is 0 Å². The Labute approximate surface area is 419 Å². The predicted molar refractivity (Wildman–Crippen MR) is 304 cm³/mol. The summed E-state index contributed by atoms with van der Waals surface area (Å²) in [5.41, 5.74) is 22.6. The minimum Gasteiger partial charge on any atom is -0.310 e. The zero-order chi connectivity index (χ0) is 47.9. The minimum atomic E-state index is -0.0876. The molecule has 0 fully saturated rings. The molecule has 0 saturated heterocycles. The van der Waals surface area contributed by atoms with E-state index in [1.165, 1.54) is 77.0 Å². The molecule has 0 spiro atoms. The summed E-state index contributed by atoms with van der Waals surface area (Å²) < 4.78 is 4.79. The molecule has 0 saturated carbocycles. The molecule has 340 valence electrons. The SMILES string of the molecule is CC1(C)c2ccccc2-c2cc(N(c3ccccc3)c3ccccc3-c3cc(-c4ccc5c(c4)c4ccccc4n5-c4ccccc4)cc(-c4ccc5c(c4)c4ccccc4n5-c4ccccc4)c3)ccc21. The minimum absolute atomic E-state index is 0.0876. The first-order valence-electron chi connectivity index (χ1n) is 25.0. The lowest BCUT2D eigenvalue weighted by Gasteiger charge is -2.29. The number of benzene rings is 11. The van der Waals surface area contributed by atoms with Gasteiger partial charge in [-0.1, -0.05) is 166 Å². The molecule has 3 nitrogen and oxygen atoms in total. The standard InChI is InChI=1S/C69H49N3/c1-69(2)62-30-16-12-27-56(62)59-45-54(36-37-63(59)69)70(51-20-6-3-7-21-51)64-31-17-13-26-55(64)50-41-48(46-34-38-67-60(43-46)57-28-14-18-32-65(57)71(67)52-22-8-4-9-23-52)40-49(42-50)47-35-39-68-61(44-47)58-29-15-19-33-66(58)72(68)53-24-10-5-11-25-53/h3-45H,1-2H3. The smallest absolute Gasteiger partial charge is 0.0541 e. The van der Waals surface area contributed by atoms with Crippen LogP contribution in [0.2, 0.25) is 0 Å². The van der Waals surface area contributed by atoms with Gasteiger partial charge in [0.05, 0.1) is 27.8 Å². The monoisotopic (exact) mass is 919 g/mol. The molecule has 11 aromatic carbocycles. The van der Waals surface area contributed by atoms with Crippen LogP contribution in [0.5, 0.6) is 0 Å². The van der Waals surface area contributed by atoms with Gasteiger partial charge in [-0.15, -0.1) is 0 Å². The second-order valence-corrected chi connectivity index (χ2v) is 19.7. The lowest BCUT2D eigenvalue weighted by atomic mass is 9.82. The lowest BCUT2D eigenvalue weighted by molar-refractivity contribution is 0.660. The van der Waals surface area contributed by atoms with Crippen LogP contribution in [0.1, 0.15) is 25.0 Å². The quantitative estimate of drug-likeness (QED) is 0.148. The van der Waals surface area contributed by atoms with E-state index in [9.17, 15) is 0 Å². The average Bonchev–Trinajstić information content (AvgIpc) is 4.04. The molecule has 1 aliphatic rings. The van der Waals surface area contributed by atoms with Gasteiger partial charge < -0.3 is 14.0 Å². The first-order valence-corrected chi connectivity index (χ1v) is 25.0. The van der Waals surface area contributed by atoms with Crippen molar-refractivity contribution in [2.45, 2.75) is 19.3 Å². The maximum Gasteiger partial charge on any atom is 0.0541 e. The summed E-state index contributed by atoms with van der Waals surface area (Å²) >= 11 is 0. The summed E-state index contributed by atoms with van der Waals surface area (Å²) in [6, 6.07) is 96.1. The van der Waals surface area contributed by atoms with Crippen molar-refractivity contribution in [2.24, 2.45) is 0 Å². The van der Waals surface area contributed by atoms with Crippen molar-refractivity contribution < 1.29 is 0 Å². The summed E-state index contributed by atoms with van der Waals surface area (Å²) in [5, 5.41) is 4.93. The molecule has 13 aromatic rings. The Hall–Kier alpha value is -9.18. The van der Waals surface area contributed by atoms with E-state index in [-0.39, 0.29) is 5.41 Å². The Morgan fingerprint density at radius 1 is 0.292 bits per heavy atom. The Morgan fingerprint density at radius 2 is 0.750 bits per heavy atom. The number of rotatable bonds is 8. The number of hydrogen-bond donors (Lipinski definition) is 0. The van der Waals surface area contributed by atoms with Crippen molar-refractivity contribution in [2.75, 3.05) is 4.90 Å². The van der Waals surface area contributed by atoms with Crippen molar-refractivity contribution in [1.82, 2.24) is 9.13 Å². The van der Waals surface area contributed by atoms with Gasteiger partial charge in [-0.25, -0.2) is 0 Å². The largest absolute Gasteiger partial charge is 0.310 e. The number of nitrogens with zero attached hydrogens (tertiary/aromatic N) is 3. The Morgan fingerprint density at radius 3 is 1.35 bits per heavy atom. The van der Waals surface area contributed by atoms with E-state index in [0.717, 1.165) is 50.7 Å². The molecule has 2 heterocycles. The Balaban J connectivity index is 0.995. The number of para-hydroxylation sites is 6. The molecule has 0 radical (unpaired) electrons. The number of anilines is 3. The van der Waals surface area contributed by atoms with Gasteiger partial charge in [0.15, 0.2) is 0 Å². The first kappa shape index (κ1) is 41.8. The van der Waals surface area contributed by atoms with Crippen LogP contribution in [0.4, 0.5) is 17.1 Å². The second kappa shape index (κ2) is 16.5. The van der Waals surface area contributed by atoms with Gasteiger partial charge in [0.2, 0.25) is 0 Å². The first-order chi connectivity index (χ1) is 35.5. The second-order valence-electron chi connectivity index (χ2n) is 19.7. The molecule has 0 N–H and O–H groups in total. The van der Waals surface area contributed by atoms with Crippen LogP contribution in [0.25, 0.3) is 99.5 Å². The molecule has 0 atom stereocenters. The van der Waals surface area contributed by atoms with Crippen LogP contribution in [0.3, 0.4) is 0 Å². The normalized spacial score (nSPS) is 12.7. The van der Waals surface area contributed by atoms with E-state index in [1.807, 2.05) is 0 Å². The fourth-order valence-corrected chi connectivity index (χ4v) is 11.9. The van der Waals surface area contributed by atoms with E-state index in [2.05, 4.69) is 289 Å². The molecule has 3 heteroatoms. The van der Waals surface area contributed by atoms with Gasteiger partial charge >= 0.3 is 0 Å². The van der Waals surface area contributed by atoms with Crippen molar-refractivity contribution in [3.05, 3.63) is 272 Å². The van der Waals surface area contributed by atoms with Gasteiger partial charge in [-0.3, -0.25) is 0 Å². The fraction of sp³-hybridized carbons (Fsp3) is 0.0435. The van der Waals surface area contributed by atoms with Crippen molar-refractivity contribution in [3.63, 3.8) is 0 Å². The Bertz CT molecular complexity index is 4060. The molecule has 0 aliphatic heterocycles. The van der Waals surface area contributed by atoms with Crippen LogP contribution in [0, 0.1) is 0 Å². The third-order valence-corrected chi connectivity index (χ3v) is 15.3. The van der Waals surface area contributed by atoms with E-state index < -0.39 is 0 Å². The molecule has 1 aliphatic carbocycles. The molecule has 14 rings (SSSR count). The van der Waals surface area contributed by atoms with Crippen LogP contribution in [-0.4, -0.2) is 9.13 Å². The summed E-state index contributed by atoms with van der Waals surface area (Å²) in [5.74, 6) is 0. The maximum atomic E-state index is 2.45. The zero-order valence-electron chi connectivity index (χ0n) is 40.2. The van der Waals surface area contributed by atoms with Crippen LogP contribution in [0.15, 0.2) is 261 Å². The molecular formula is C69H49N3. The molecule has 72 heavy (non-hydrogen) atoms. The van der Waals surface area contributed by atoms with Crippen molar-refractivity contribution in [1.29, 1.82) is 0 Å². The predicted octanol–water partition coefficient (Wildman–Crippen LogP) is 18.7. The third-order valence-electron chi connectivity index (χ3n) is 15.3. The molecule has 0 unspecified atom stereocenters. The van der Waals surface area contributed by atoms with E-state index in [4.69, 9.17) is 0 Å². The number of fused-ring (bicyclic) bond motifs is 9.